The predicted molar refractivity (Wildman–Crippen MR) is 102 cm³/mol. The van der Waals surface area contributed by atoms with Crippen LogP contribution < -0.4 is 10.9 Å². The summed E-state index contributed by atoms with van der Waals surface area (Å²) in [6, 6.07) is 9.08. The van der Waals surface area contributed by atoms with Crippen molar-refractivity contribution in [3.05, 3.63) is 63.7 Å². The monoisotopic (exact) mass is 405 g/mol. The van der Waals surface area contributed by atoms with Crippen molar-refractivity contribution in [1.82, 2.24) is 19.7 Å². The van der Waals surface area contributed by atoms with E-state index in [1.54, 1.807) is 25.1 Å². The SMILES string of the molecule is CCc1cc(=O)[nH]c(-n2nc(C)cc2NC(=O)c2ccccc2SC(F)F)n1. The van der Waals surface area contributed by atoms with E-state index in [1.807, 2.05) is 6.92 Å². The van der Waals surface area contributed by atoms with Crippen LogP contribution in [0.25, 0.3) is 5.95 Å². The Bertz CT molecular complexity index is 1060. The molecule has 2 N–H and O–H groups in total. The molecule has 146 valence electrons. The number of aromatic amines is 1. The number of benzene rings is 1. The van der Waals surface area contributed by atoms with Gasteiger partial charge in [-0.25, -0.2) is 4.98 Å². The summed E-state index contributed by atoms with van der Waals surface area (Å²) in [5.41, 5.74) is 0.922. The van der Waals surface area contributed by atoms with Gasteiger partial charge in [-0.05, 0) is 25.5 Å². The van der Waals surface area contributed by atoms with Gasteiger partial charge >= 0.3 is 0 Å². The Morgan fingerprint density at radius 1 is 1.32 bits per heavy atom. The van der Waals surface area contributed by atoms with Crippen LogP contribution in [-0.4, -0.2) is 31.4 Å². The smallest absolute Gasteiger partial charge is 0.288 e. The highest BCUT2D eigenvalue weighted by Crippen LogP contribution is 2.29. The lowest BCUT2D eigenvalue weighted by molar-refractivity contribution is 0.102. The third kappa shape index (κ3) is 4.45. The number of rotatable bonds is 6. The molecule has 0 fully saturated rings. The van der Waals surface area contributed by atoms with Gasteiger partial charge in [0.2, 0.25) is 5.95 Å². The van der Waals surface area contributed by atoms with Gasteiger partial charge in [-0.1, -0.05) is 30.8 Å². The van der Waals surface area contributed by atoms with Crippen LogP contribution in [0, 0.1) is 6.92 Å². The van der Waals surface area contributed by atoms with Gasteiger partial charge in [0.15, 0.2) is 0 Å². The summed E-state index contributed by atoms with van der Waals surface area (Å²) in [5.74, 6) is -2.80. The molecule has 7 nitrogen and oxygen atoms in total. The van der Waals surface area contributed by atoms with Crippen molar-refractivity contribution in [3.63, 3.8) is 0 Å². The molecular weight excluding hydrogens is 388 g/mol. The quantitative estimate of drug-likeness (QED) is 0.613. The van der Waals surface area contributed by atoms with Crippen LogP contribution in [0.1, 0.15) is 28.7 Å². The van der Waals surface area contributed by atoms with Crippen LogP contribution in [0.4, 0.5) is 14.6 Å². The predicted octanol–water partition coefficient (Wildman–Crippen LogP) is 3.39. The van der Waals surface area contributed by atoms with E-state index >= 15 is 0 Å². The number of aromatic nitrogens is 4. The summed E-state index contributed by atoms with van der Waals surface area (Å²) in [5, 5.41) is 6.92. The Hall–Kier alpha value is -3.01. The molecule has 0 atom stereocenters. The Kier molecular flexibility index (Phi) is 5.88. The molecule has 0 unspecified atom stereocenters. The average molecular weight is 405 g/mol. The first-order chi connectivity index (χ1) is 13.4. The Labute approximate surface area is 163 Å². The molecule has 28 heavy (non-hydrogen) atoms. The minimum atomic E-state index is -2.65. The number of halogens is 2. The summed E-state index contributed by atoms with van der Waals surface area (Å²) < 4.78 is 26.8. The molecule has 1 aromatic carbocycles. The van der Waals surface area contributed by atoms with Crippen LogP contribution in [0.3, 0.4) is 0 Å². The molecule has 0 spiro atoms. The third-order valence-electron chi connectivity index (χ3n) is 3.77. The van der Waals surface area contributed by atoms with Gasteiger partial charge in [0.25, 0.3) is 17.2 Å². The third-order valence-corrected chi connectivity index (χ3v) is 4.55. The lowest BCUT2D eigenvalue weighted by atomic mass is 10.2. The maximum absolute atomic E-state index is 12.8. The van der Waals surface area contributed by atoms with Gasteiger partial charge in [-0.2, -0.15) is 18.6 Å². The van der Waals surface area contributed by atoms with Gasteiger partial charge in [-0.15, -0.1) is 0 Å². The van der Waals surface area contributed by atoms with E-state index in [9.17, 15) is 18.4 Å². The topological polar surface area (TPSA) is 92.7 Å². The number of anilines is 1. The number of hydrogen-bond donors (Lipinski definition) is 2. The number of H-pyrrole nitrogens is 1. The molecule has 0 aliphatic carbocycles. The fourth-order valence-electron chi connectivity index (χ4n) is 2.56. The number of nitrogens with zero attached hydrogens (tertiary/aromatic N) is 3. The van der Waals surface area contributed by atoms with Gasteiger partial charge in [0, 0.05) is 22.7 Å². The van der Waals surface area contributed by atoms with Gasteiger partial charge in [0.05, 0.1) is 11.3 Å². The van der Waals surface area contributed by atoms with Crippen molar-refractivity contribution in [2.24, 2.45) is 0 Å². The molecule has 10 heteroatoms. The fraction of sp³-hybridized carbons (Fsp3) is 0.222. The highest BCUT2D eigenvalue weighted by atomic mass is 32.2. The largest absolute Gasteiger partial charge is 0.306 e. The number of carbonyl (C=O) groups is 1. The first-order valence-electron chi connectivity index (χ1n) is 8.40. The average Bonchev–Trinajstić information content (AvgIpc) is 3.01. The number of alkyl halides is 2. The normalized spacial score (nSPS) is 11.0. The summed E-state index contributed by atoms with van der Waals surface area (Å²) >= 11 is 0.300. The zero-order valence-electron chi connectivity index (χ0n) is 15.1. The van der Waals surface area contributed by atoms with Crippen molar-refractivity contribution in [2.75, 3.05) is 5.32 Å². The van der Waals surface area contributed by atoms with Crippen LogP contribution >= 0.6 is 11.8 Å². The fourth-order valence-corrected chi connectivity index (χ4v) is 3.20. The van der Waals surface area contributed by atoms with Crippen molar-refractivity contribution < 1.29 is 13.6 Å². The highest BCUT2D eigenvalue weighted by Gasteiger charge is 2.18. The van der Waals surface area contributed by atoms with E-state index in [4.69, 9.17) is 0 Å². The summed E-state index contributed by atoms with van der Waals surface area (Å²) in [6.07, 6.45) is 0.553. The summed E-state index contributed by atoms with van der Waals surface area (Å²) in [7, 11) is 0. The number of carbonyl (C=O) groups excluding carboxylic acids is 1. The second-order valence-corrected chi connectivity index (χ2v) is 6.86. The minimum absolute atomic E-state index is 0.113. The molecule has 2 heterocycles. The van der Waals surface area contributed by atoms with Crippen LogP contribution in [0.15, 0.2) is 46.1 Å². The number of nitrogens with one attached hydrogen (secondary N) is 2. The van der Waals surface area contributed by atoms with Gasteiger partial charge < -0.3 is 5.32 Å². The van der Waals surface area contributed by atoms with E-state index in [1.165, 1.54) is 22.9 Å². The van der Waals surface area contributed by atoms with Crippen molar-refractivity contribution >= 4 is 23.5 Å². The van der Waals surface area contributed by atoms with E-state index < -0.39 is 11.7 Å². The lowest BCUT2D eigenvalue weighted by Crippen LogP contribution is -2.19. The molecule has 2 aromatic heterocycles. The highest BCUT2D eigenvalue weighted by molar-refractivity contribution is 7.99. The van der Waals surface area contributed by atoms with Crippen LogP contribution in [-0.2, 0) is 6.42 Å². The molecule has 0 radical (unpaired) electrons. The summed E-state index contributed by atoms with van der Waals surface area (Å²) in [6.45, 7) is 3.58. The summed E-state index contributed by atoms with van der Waals surface area (Å²) in [4.78, 5) is 31.6. The van der Waals surface area contributed by atoms with Gasteiger partial charge in [-0.3, -0.25) is 14.6 Å². The minimum Gasteiger partial charge on any atom is -0.306 e. The van der Waals surface area contributed by atoms with E-state index in [0.29, 0.717) is 29.6 Å². The first-order valence-corrected chi connectivity index (χ1v) is 9.27. The Balaban J connectivity index is 1.96. The zero-order chi connectivity index (χ0) is 20.3. The standard InChI is InChI=1S/C18H17F2N5O2S/c1-3-11-9-15(26)23-18(21-11)25-14(8-10(2)24-25)22-16(27)12-6-4-5-7-13(12)28-17(19)20/h4-9,17H,3H2,1-2H3,(H,22,27)(H,21,23,26). The molecular formula is C18H17F2N5O2S. The second kappa shape index (κ2) is 8.34. The second-order valence-electron chi connectivity index (χ2n) is 5.83. The molecule has 0 saturated carbocycles. The Morgan fingerprint density at radius 2 is 2.07 bits per heavy atom. The van der Waals surface area contributed by atoms with Gasteiger partial charge in [0.1, 0.15) is 5.82 Å². The molecule has 3 aromatic rings. The van der Waals surface area contributed by atoms with Crippen molar-refractivity contribution in [1.29, 1.82) is 0 Å². The molecule has 0 aliphatic heterocycles. The lowest BCUT2D eigenvalue weighted by Gasteiger charge is -2.11. The van der Waals surface area contributed by atoms with Crippen LogP contribution in [0.5, 0.6) is 0 Å². The van der Waals surface area contributed by atoms with E-state index in [2.05, 4.69) is 20.4 Å². The molecule has 0 bridgehead atoms. The van der Waals surface area contributed by atoms with Crippen molar-refractivity contribution in [3.8, 4) is 5.95 Å². The number of thioether (sulfide) groups is 1. The molecule has 0 aliphatic rings. The Morgan fingerprint density at radius 3 is 2.79 bits per heavy atom. The first kappa shape index (κ1) is 19.7. The maximum atomic E-state index is 12.8. The number of aryl methyl sites for hydroxylation is 2. The molecule has 1 amide bonds. The number of hydrogen-bond acceptors (Lipinski definition) is 5. The van der Waals surface area contributed by atoms with E-state index in [-0.39, 0.29) is 27.8 Å². The number of amides is 1. The van der Waals surface area contributed by atoms with Crippen molar-refractivity contribution in [2.45, 2.75) is 30.9 Å². The van der Waals surface area contributed by atoms with E-state index in [0.717, 1.165) is 0 Å². The zero-order valence-corrected chi connectivity index (χ0v) is 15.9. The molecule has 0 saturated heterocycles. The molecule has 3 rings (SSSR count). The maximum Gasteiger partial charge on any atom is 0.288 e. The van der Waals surface area contributed by atoms with Crippen LogP contribution in [0.2, 0.25) is 0 Å².